The molecule has 3 heteroatoms. The van der Waals surface area contributed by atoms with Crippen LogP contribution < -0.4 is 0 Å². The van der Waals surface area contributed by atoms with Gasteiger partial charge in [-0.2, -0.15) is 0 Å². The molecule has 1 saturated heterocycles. The summed E-state index contributed by atoms with van der Waals surface area (Å²) in [5, 5.41) is 9.61. The number of benzene rings is 2. The standard InChI is InChI=1S/C19H23NO2/c21-14-18-12-20(11-16-7-3-1-4-8-16)13-19(18)22-15-17-9-5-2-6-10-17/h1-10,18-19,21H,11-15H2/t18-,19+/m1/s1. The van der Waals surface area contributed by atoms with Crippen molar-refractivity contribution in [3.63, 3.8) is 0 Å². The topological polar surface area (TPSA) is 32.7 Å². The molecule has 0 radical (unpaired) electrons. The fourth-order valence-electron chi connectivity index (χ4n) is 3.04. The first-order valence-corrected chi connectivity index (χ1v) is 7.88. The predicted molar refractivity (Wildman–Crippen MR) is 87.3 cm³/mol. The first-order chi connectivity index (χ1) is 10.8. The summed E-state index contributed by atoms with van der Waals surface area (Å²) in [6, 6.07) is 20.7. The SMILES string of the molecule is OC[C@H]1CN(Cc2ccccc2)C[C@@H]1OCc1ccccc1. The number of ether oxygens (including phenoxy) is 1. The maximum absolute atomic E-state index is 9.61. The van der Waals surface area contributed by atoms with E-state index in [2.05, 4.69) is 41.3 Å². The fourth-order valence-corrected chi connectivity index (χ4v) is 3.04. The van der Waals surface area contributed by atoms with Gasteiger partial charge in [0, 0.05) is 32.2 Å². The molecule has 1 heterocycles. The molecule has 2 aromatic carbocycles. The van der Waals surface area contributed by atoms with E-state index in [1.807, 2.05) is 24.3 Å². The van der Waals surface area contributed by atoms with Crippen molar-refractivity contribution in [2.45, 2.75) is 19.3 Å². The summed E-state index contributed by atoms with van der Waals surface area (Å²) in [6.07, 6.45) is 0.105. The molecule has 22 heavy (non-hydrogen) atoms. The third-order valence-corrected chi connectivity index (χ3v) is 4.25. The zero-order valence-corrected chi connectivity index (χ0v) is 12.8. The highest BCUT2D eigenvalue weighted by Gasteiger charge is 2.32. The summed E-state index contributed by atoms with van der Waals surface area (Å²) < 4.78 is 6.06. The summed E-state index contributed by atoms with van der Waals surface area (Å²) in [6.45, 7) is 3.49. The van der Waals surface area contributed by atoms with Crippen molar-refractivity contribution in [2.24, 2.45) is 5.92 Å². The number of hydrogen-bond donors (Lipinski definition) is 1. The Bertz CT molecular complexity index is 558. The van der Waals surface area contributed by atoms with Crippen LogP contribution in [0, 0.1) is 5.92 Å². The second-order valence-corrected chi connectivity index (χ2v) is 5.96. The van der Waals surface area contributed by atoms with E-state index in [1.54, 1.807) is 0 Å². The lowest BCUT2D eigenvalue weighted by Gasteiger charge is -2.17. The maximum atomic E-state index is 9.61. The van der Waals surface area contributed by atoms with Crippen LogP contribution in [-0.2, 0) is 17.9 Å². The third-order valence-electron chi connectivity index (χ3n) is 4.25. The van der Waals surface area contributed by atoms with Gasteiger partial charge in [0.2, 0.25) is 0 Å². The second kappa shape index (κ2) is 7.54. The monoisotopic (exact) mass is 297 g/mol. The van der Waals surface area contributed by atoms with Gasteiger partial charge in [0.15, 0.2) is 0 Å². The zero-order chi connectivity index (χ0) is 15.2. The number of rotatable bonds is 6. The Labute approximate surface area is 132 Å². The Morgan fingerprint density at radius 1 is 0.909 bits per heavy atom. The summed E-state index contributed by atoms with van der Waals surface area (Å²) >= 11 is 0. The highest BCUT2D eigenvalue weighted by Crippen LogP contribution is 2.22. The number of likely N-dealkylation sites (tertiary alicyclic amines) is 1. The van der Waals surface area contributed by atoms with Crippen molar-refractivity contribution in [1.82, 2.24) is 4.90 Å². The van der Waals surface area contributed by atoms with Crippen molar-refractivity contribution in [3.05, 3.63) is 71.8 Å². The molecular formula is C19H23NO2. The summed E-state index contributed by atoms with van der Waals surface area (Å²) in [7, 11) is 0. The maximum Gasteiger partial charge on any atom is 0.0768 e. The minimum Gasteiger partial charge on any atom is -0.396 e. The molecule has 0 spiro atoms. The predicted octanol–water partition coefficient (Wildman–Crippen LogP) is 2.70. The smallest absolute Gasteiger partial charge is 0.0768 e. The van der Waals surface area contributed by atoms with Gasteiger partial charge in [-0.25, -0.2) is 0 Å². The molecule has 1 aliphatic heterocycles. The van der Waals surface area contributed by atoms with Crippen LogP contribution in [0.2, 0.25) is 0 Å². The van der Waals surface area contributed by atoms with Gasteiger partial charge in [-0.05, 0) is 11.1 Å². The molecule has 0 bridgehead atoms. The van der Waals surface area contributed by atoms with Crippen LogP contribution in [0.4, 0.5) is 0 Å². The van der Waals surface area contributed by atoms with Crippen LogP contribution in [0.1, 0.15) is 11.1 Å². The van der Waals surface area contributed by atoms with E-state index in [0.29, 0.717) is 6.61 Å². The highest BCUT2D eigenvalue weighted by atomic mass is 16.5. The van der Waals surface area contributed by atoms with Gasteiger partial charge in [-0.1, -0.05) is 60.7 Å². The lowest BCUT2D eigenvalue weighted by molar-refractivity contribution is 0.00783. The van der Waals surface area contributed by atoms with E-state index in [9.17, 15) is 5.11 Å². The molecule has 0 aromatic heterocycles. The molecule has 1 fully saturated rings. The Balaban J connectivity index is 1.55. The summed E-state index contributed by atoms with van der Waals surface area (Å²) in [5.41, 5.74) is 2.49. The van der Waals surface area contributed by atoms with Crippen LogP contribution in [0.25, 0.3) is 0 Å². The summed E-state index contributed by atoms with van der Waals surface area (Å²) in [5.74, 6) is 0.201. The average molecular weight is 297 g/mol. The first-order valence-electron chi connectivity index (χ1n) is 7.88. The largest absolute Gasteiger partial charge is 0.396 e. The quantitative estimate of drug-likeness (QED) is 0.890. The van der Waals surface area contributed by atoms with Crippen molar-refractivity contribution >= 4 is 0 Å². The van der Waals surface area contributed by atoms with E-state index >= 15 is 0 Å². The van der Waals surface area contributed by atoms with Crippen LogP contribution in [0.5, 0.6) is 0 Å². The van der Waals surface area contributed by atoms with Gasteiger partial charge in [-0.15, -0.1) is 0 Å². The molecule has 3 rings (SSSR count). The lowest BCUT2D eigenvalue weighted by Crippen LogP contribution is -2.25. The third kappa shape index (κ3) is 3.95. The molecule has 0 saturated carbocycles. The van der Waals surface area contributed by atoms with Gasteiger partial charge in [0.1, 0.15) is 0 Å². The van der Waals surface area contributed by atoms with Gasteiger partial charge < -0.3 is 9.84 Å². The van der Waals surface area contributed by atoms with Crippen molar-refractivity contribution in [3.8, 4) is 0 Å². The highest BCUT2D eigenvalue weighted by molar-refractivity contribution is 5.15. The molecule has 0 amide bonds. The van der Waals surface area contributed by atoms with Gasteiger partial charge in [-0.3, -0.25) is 4.90 Å². The molecule has 116 valence electrons. The summed E-state index contributed by atoms with van der Waals surface area (Å²) in [4.78, 5) is 2.37. The fraction of sp³-hybridized carbons (Fsp3) is 0.368. The molecular weight excluding hydrogens is 274 g/mol. The zero-order valence-electron chi connectivity index (χ0n) is 12.8. The normalized spacial score (nSPS) is 22.0. The molecule has 1 N–H and O–H groups in total. The Kier molecular flexibility index (Phi) is 5.22. The van der Waals surface area contributed by atoms with E-state index in [-0.39, 0.29) is 18.6 Å². The van der Waals surface area contributed by atoms with Gasteiger partial charge in [0.05, 0.1) is 12.7 Å². The molecule has 2 atom stereocenters. The number of aliphatic hydroxyl groups excluding tert-OH is 1. The van der Waals surface area contributed by atoms with E-state index < -0.39 is 0 Å². The van der Waals surface area contributed by atoms with Crippen molar-refractivity contribution < 1.29 is 9.84 Å². The van der Waals surface area contributed by atoms with Gasteiger partial charge in [0.25, 0.3) is 0 Å². The molecule has 0 unspecified atom stereocenters. The van der Waals surface area contributed by atoms with E-state index in [4.69, 9.17) is 4.74 Å². The average Bonchev–Trinajstić information content (AvgIpc) is 2.97. The number of nitrogens with zero attached hydrogens (tertiary/aromatic N) is 1. The molecule has 2 aromatic rings. The van der Waals surface area contributed by atoms with E-state index in [1.165, 1.54) is 11.1 Å². The van der Waals surface area contributed by atoms with Crippen LogP contribution >= 0.6 is 0 Å². The Hall–Kier alpha value is -1.68. The van der Waals surface area contributed by atoms with Crippen LogP contribution in [0.15, 0.2) is 60.7 Å². The minimum atomic E-state index is 0.105. The number of hydrogen-bond acceptors (Lipinski definition) is 3. The van der Waals surface area contributed by atoms with Crippen molar-refractivity contribution in [2.75, 3.05) is 19.7 Å². The van der Waals surface area contributed by atoms with Crippen LogP contribution in [-0.4, -0.2) is 35.8 Å². The molecule has 3 nitrogen and oxygen atoms in total. The van der Waals surface area contributed by atoms with Crippen molar-refractivity contribution in [1.29, 1.82) is 0 Å². The van der Waals surface area contributed by atoms with Crippen LogP contribution in [0.3, 0.4) is 0 Å². The first kappa shape index (κ1) is 15.2. The second-order valence-electron chi connectivity index (χ2n) is 5.96. The van der Waals surface area contributed by atoms with E-state index in [0.717, 1.165) is 19.6 Å². The molecule has 1 aliphatic rings. The lowest BCUT2D eigenvalue weighted by atomic mass is 10.1. The Morgan fingerprint density at radius 2 is 1.55 bits per heavy atom. The van der Waals surface area contributed by atoms with Gasteiger partial charge >= 0.3 is 0 Å². The minimum absolute atomic E-state index is 0.105. The Morgan fingerprint density at radius 3 is 2.18 bits per heavy atom. The number of aliphatic hydroxyl groups is 1. The molecule has 0 aliphatic carbocycles.